The summed E-state index contributed by atoms with van der Waals surface area (Å²) in [4.78, 5) is 24.6. The van der Waals surface area contributed by atoms with Crippen molar-refractivity contribution in [1.82, 2.24) is 0 Å². The average Bonchev–Trinajstić information content (AvgIpc) is 2.85. The lowest BCUT2D eigenvalue weighted by atomic mass is 10.1. The first-order chi connectivity index (χ1) is 17.1. The second kappa shape index (κ2) is 9.77. The van der Waals surface area contributed by atoms with E-state index in [1.807, 2.05) is 32.0 Å². The van der Waals surface area contributed by atoms with E-state index in [1.165, 1.54) is 49.6 Å². The van der Waals surface area contributed by atoms with Gasteiger partial charge in [0, 0.05) is 6.07 Å². The van der Waals surface area contributed by atoms with E-state index in [9.17, 15) is 22.8 Å². The molecule has 0 fully saturated rings. The van der Waals surface area contributed by atoms with Gasteiger partial charge in [0.25, 0.3) is 5.76 Å². The average molecular weight is 498 g/mol. The Balaban J connectivity index is 1.69. The molecule has 0 saturated carbocycles. The first-order valence-electron chi connectivity index (χ1n) is 10.8. The highest BCUT2D eigenvalue weighted by molar-refractivity contribution is 5.89. The van der Waals surface area contributed by atoms with Crippen molar-refractivity contribution in [2.24, 2.45) is 0 Å². The van der Waals surface area contributed by atoms with Crippen LogP contribution in [0.15, 0.2) is 69.9 Å². The maximum atomic E-state index is 13.8. The summed E-state index contributed by atoms with van der Waals surface area (Å²) in [5.41, 5.74) is 1.86. The predicted octanol–water partition coefficient (Wildman–Crippen LogP) is 6.59. The number of hydrogen-bond acceptors (Lipinski definition) is 6. The van der Waals surface area contributed by atoms with Gasteiger partial charge in [-0.2, -0.15) is 13.2 Å². The Kier molecular flexibility index (Phi) is 6.74. The molecule has 3 aromatic carbocycles. The van der Waals surface area contributed by atoms with Crippen molar-refractivity contribution in [3.63, 3.8) is 0 Å². The van der Waals surface area contributed by atoms with E-state index in [-0.39, 0.29) is 34.6 Å². The maximum Gasteiger partial charge on any atom is 0.453 e. The molecule has 0 spiro atoms. The summed E-state index contributed by atoms with van der Waals surface area (Å²) >= 11 is 0. The zero-order valence-electron chi connectivity index (χ0n) is 19.6. The summed E-state index contributed by atoms with van der Waals surface area (Å²) in [6, 6.07) is 15.0. The number of fused-ring (bicyclic) bond motifs is 1. The monoisotopic (exact) mass is 498 g/mol. The molecule has 4 aromatic rings. The van der Waals surface area contributed by atoms with Crippen LogP contribution in [0, 0.1) is 13.8 Å². The fourth-order valence-electron chi connectivity index (χ4n) is 3.54. The fraction of sp³-hybridized carbons (Fsp3) is 0.185. The Hall–Kier alpha value is -4.27. The molecular formula is C27H21F3O6. The second-order valence-electron chi connectivity index (χ2n) is 8.08. The molecule has 0 aliphatic heterocycles. The minimum atomic E-state index is -5.01. The molecule has 186 valence electrons. The van der Waals surface area contributed by atoms with Crippen LogP contribution in [-0.4, -0.2) is 13.1 Å². The van der Waals surface area contributed by atoms with Gasteiger partial charge in [0.2, 0.25) is 11.2 Å². The van der Waals surface area contributed by atoms with Crippen LogP contribution in [0.5, 0.6) is 17.2 Å². The molecule has 9 heteroatoms. The number of hydrogen-bond donors (Lipinski definition) is 0. The molecule has 0 aliphatic carbocycles. The SMILES string of the molecule is COC(=O)c1ccc(Oc2c(C(F)(F)F)oc3cc(OCc4cc(C)ccc4C)ccc3c2=O)cc1. The van der Waals surface area contributed by atoms with E-state index >= 15 is 0 Å². The zero-order chi connectivity index (χ0) is 26.0. The predicted molar refractivity (Wildman–Crippen MR) is 126 cm³/mol. The van der Waals surface area contributed by atoms with Crippen LogP contribution in [0.4, 0.5) is 13.2 Å². The number of ether oxygens (including phenoxy) is 3. The molecule has 0 saturated heterocycles. The largest absolute Gasteiger partial charge is 0.489 e. The van der Waals surface area contributed by atoms with Gasteiger partial charge in [-0.1, -0.05) is 23.8 Å². The van der Waals surface area contributed by atoms with Crippen molar-refractivity contribution >= 4 is 16.9 Å². The van der Waals surface area contributed by atoms with E-state index in [1.54, 1.807) is 0 Å². The minimum Gasteiger partial charge on any atom is -0.489 e. The second-order valence-corrected chi connectivity index (χ2v) is 8.08. The first-order valence-corrected chi connectivity index (χ1v) is 10.8. The number of benzene rings is 3. The molecule has 0 radical (unpaired) electrons. The fourth-order valence-corrected chi connectivity index (χ4v) is 3.54. The Morgan fingerprint density at radius 1 is 0.944 bits per heavy atom. The molecule has 0 atom stereocenters. The van der Waals surface area contributed by atoms with Crippen LogP contribution in [-0.2, 0) is 17.5 Å². The molecular weight excluding hydrogens is 477 g/mol. The molecule has 0 bridgehead atoms. The van der Waals surface area contributed by atoms with E-state index in [4.69, 9.17) is 13.9 Å². The van der Waals surface area contributed by atoms with Gasteiger partial charge in [-0.3, -0.25) is 4.79 Å². The third kappa shape index (κ3) is 5.19. The van der Waals surface area contributed by atoms with Crippen LogP contribution >= 0.6 is 0 Å². The third-order valence-corrected chi connectivity index (χ3v) is 5.47. The molecule has 0 amide bonds. The molecule has 1 heterocycles. The van der Waals surface area contributed by atoms with Crippen molar-refractivity contribution in [3.05, 3.63) is 98.9 Å². The highest BCUT2D eigenvalue weighted by Gasteiger charge is 2.40. The summed E-state index contributed by atoms with van der Waals surface area (Å²) in [6.45, 7) is 4.06. The molecule has 36 heavy (non-hydrogen) atoms. The van der Waals surface area contributed by atoms with Gasteiger partial charge in [0.15, 0.2) is 0 Å². The van der Waals surface area contributed by atoms with E-state index in [0.717, 1.165) is 16.7 Å². The number of esters is 1. The number of methoxy groups -OCH3 is 1. The summed E-state index contributed by atoms with van der Waals surface area (Å²) < 4.78 is 62.2. The molecule has 1 aromatic heterocycles. The quantitative estimate of drug-likeness (QED) is 0.279. The third-order valence-electron chi connectivity index (χ3n) is 5.47. The van der Waals surface area contributed by atoms with Crippen molar-refractivity contribution in [1.29, 1.82) is 0 Å². The number of halogens is 3. The zero-order valence-corrected chi connectivity index (χ0v) is 19.6. The molecule has 0 aliphatic rings. The first kappa shape index (κ1) is 24.8. The van der Waals surface area contributed by atoms with E-state index in [2.05, 4.69) is 4.74 Å². The summed E-state index contributed by atoms with van der Waals surface area (Å²) in [6.07, 6.45) is -5.01. The van der Waals surface area contributed by atoms with Crippen molar-refractivity contribution in [2.45, 2.75) is 26.6 Å². The Labute approximate surface area is 203 Å². The number of rotatable bonds is 6. The van der Waals surface area contributed by atoms with Crippen molar-refractivity contribution in [3.8, 4) is 17.2 Å². The Bertz CT molecular complexity index is 1490. The Morgan fingerprint density at radius 3 is 2.31 bits per heavy atom. The molecule has 0 N–H and O–H groups in total. The van der Waals surface area contributed by atoms with Gasteiger partial charge in [0.05, 0.1) is 18.1 Å². The van der Waals surface area contributed by atoms with Crippen LogP contribution < -0.4 is 14.9 Å². The number of alkyl halides is 3. The Morgan fingerprint density at radius 2 is 1.64 bits per heavy atom. The smallest absolute Gasteiger partial charge is 0.453 e. The van der Waals surface area contributed by atoms with Gasteiger partial charge in [0.1, 0.15) is 23.7 Å². The highest BCUT2D eigenvalue weighted by Crippen LogP contribution is 2.38. The lowest BCUT2D eigenvalue weighted by Gasteiger charge is -2.14. The molecule has 6 nitrogen and oxygen atoms in total. The maximum absolute atomic E-state index is 13.8. The van der Waals surface area contributed by atoms with Gasteiger partial charge in [-0.15, -0.1) is 0 Å². The molecule has 0 unspecified atom stereocenters. The van der Waals surface area contributed by atoms with Gasteiger partial charge in [-0.25, -0.2) is 4.79 Å². The van der Waals surface area contributed by atoms with Crippen LogP contribution in [0.1, 0.15) is 32.8 Å². The number of carbonyl (C=O) groups is 1. The highest BCUT2D eigenvalue weighted by atomic mass is 19.4. The van der Waals surface area contributed by atoms with Crippen LogP contribution in [0.2, 0.25) is 0 Å². The van der Waals surface area contributed by atoms with Gasteiger partial charge < -0.3 is 18.6 Å². The lowest BCUT2D eigenvalue weighted by Crippen LogP contribution is -2.15. The normalized spacial score (nSPS) is 11.4. The van der Waals surface area contributed by atoms with Gasteiger partial charge in [-0.05, 0) is 61.4 Å². The summed E-state index contributed by atoms with van der Waals surface area (Å²) in [7, 11) is 1.20. The lowest BCUT2D eigenvalue weighted by molar-refractivity contribution is -0.154. The summed E-state index contributed by atoms with van der Waals surface area (Å²) in [5.74, 6) is -3.06. The topological polar surface area (TPSA) is 75.0 Å². The van der Waals surface area contributed by atoms with Crippen molar-refractivity contribution in [2.75, 3.05) is 7.11 Å². The van der Waals surface area contributed by atoms with Crippen LogP contribution in [0.25, 0.3) is 11.0 Å². The summed E-state index contributed by atoms with van der Waals surface area (Å²) in [5, 5.41) is -0.108. The van der Waals surface area contributed by atoms with Crippen molar-refractivity contribution < 1.29 is 36.6 Å². The van der Waals surface area contributed by atoms with Crippen LogP contribution in [0.3, 0.4) is 0 Å². The number of carbonyl (C=O) groups excluding carboxylic acids is 1. The number of aryl methyl sites for hydroxylation is 2. The van der Waals surface area contributed by atoms with E-state index < -0.39 is 29.1 Å². The van der Waals surface area contributed by atoms with E-state index in [0.29, 0.717) is 0 Å². The van der Waals surface area contributed by atoms with Gasteiger partial charge >= 0.3 is 12.1 Å². The minimum absolute atomic E-state index is 0.0896. The molecule has 4 rings (SSSR count). The standard InChI is InChI=1S/C27H21F3O6/c1-15-4-5-16(2)18(12-15)14-34-20-10-11-21-22(13-20)36-25(27(28,29)30)24(23(21)31)35-19-8-6-17(7-9-19)26(32)33-3/h4-13H,14H2,1-3H3.